The van der Waals surface area contributed by atoms with E-state index >= 15 is 0 Å². The number of nitrogens with one attached hydrogen (secondary N) is 2. The lowest BCUT2D eigenvalue weighted by molar-refractivity contribution is -0.157. The maximum Gasteiger partial charge on any atom is 0.352 e. The number of carbonyl (C=O) groups excluding carboxylic acids is 1. The van der Waals surface area contributed by atoms with Gasteiger partial charge in [-0.1, -0.05) is 25.1 Å². The molecule has 192 valence electrons. The number of thiol groups is 1. The molecule has 3 atom stereocenters. The number of fused-ring (bicyclic) bond motifs is 1. The van der Waals surface area contributed by atoms with Crippen molar-refractivity contribution in [3.63, 3.8) is 0 Å². The van der Waals surface area contributed by atoms with E-state index < -0.39 is 5.97 Å². The van der Waals surface area contributed by atoms with E-state index in [1.54, 1.807) is 24.5 Å². The van der Waals surface area contributed by atoms with Crippen LogP contribution in [0.2, 0.25) is 0 Å². The Bertz CT molecular complexity index is 828. The van der Waals surface area contributed by atoms with Gasteiger partial charge in [-0.3, -0.25) is 4.79 Å². The molecule has 1 aliphatic carbocycles. The zero-order valence-corrected chi connectivity index (χ0v) is 22.1. The summed E-state index contributed by atoms with van der Waals surface area (Å²) in [5.74, 6) is 0.311. The largest absolute Gasteiger partial charge is 0.477 e. The summed E-state index contributed by atoms with van der Waals surface area (Å²) in [6.07, 6.45) is 7.44. The van der Waals surface area contributed by atoms with E-state index in [4.69, 9.17) is 14.7 Å². The Morgan fingerprint density at radius 3 is 2.41 bits per heavy atom. The van der Waals surface area contributed by atoms with Gasteiger partial charge in [-0.2, -0.15) is 17.7 Å². The van der Waals surface area contributed by atoms with Crippen LogP contribution in [0.4, 0.5) is 0 Å². The van der Waals surface area contributed by atoms with E-state index in [-0.39, 0.29) is 17.5 Å². The second-order valence-electron chi connectivity index (χ2n) is 8.98. The molecule has 2 aromatic rings. The van der Waals surface area contributed by atoms with Crippen molar-refractivity contribution in [2.24, 2.45) is 11.8 Å². The molecule has 1 aromatic heterocycles. The van der Waals surface area contributed by atoms with Gasteiger partial charge in [-0.15, -0.1) is 0 Å². The highest BCUT2D eigenvalue weighted by Crippen LogP contribution is 2.41. The van der Waals surface area contributed by atoms with Crippen molar-refractivity contribution >= 4 is 35.9 Å². The molecule has 1 saturated carbocycles. The number of aromatic nitrogens is 1. The summed E-state index contributed by atoms with van der Waals surface area (Å²) in [6, 6.07) is 9.09. The summed E-state index contributed by atoms with van der Waals surface area (Å²) in [5, 5.41) is 14.0. The van der Waals surface area contributed by atoms with Crippen LogP contribution in [0.3, 0.4) is 0 Å². The molecule has 2 aliphatic rings. The fraction of sp³-hybridized carbons (Fsp3) is 0.600. The molecule has 3 unspecified atom stereocenters. The van der Waals surface area contributed by atoms with Crippen LogP contribution in [0.1, 0.15) is 56.9 Å². The van der Waals surface area contributed by atoms with E-state index in [2.05, 4.69) is 43.7 Å². The monoisotopic (exact) mass is 495 g/mol. The molecule has 1 saturated heterocycles. The number of H-pyrrole nitrogens is 1. The third-order valence-corrected chi connectivity index (χ3v) is 5.92. The molecule has 3 N–H and O–H groups in total. The van der Waals surface area contributed by atoms with Crippen molar-refractivity contribution in [2.45, 2.75) is 58.2 Å². The van der Waals surface area contributed by atoms with Crippen LogP contribution in [0, 0.1) is 11.8 Å². The van der Waals surface area contributed by atoms with Gasteiger partial charge in [0.05, 0.1) is 12.7 Å². The fourth-order valence-corrected chi connectivity index (χ4v) is 3.73. The van der Waals surface area contributed by atoms with E-state index in [9.17, 15) is 9.59 Å². The number of aromatic amines is 1. The number of carbonyl (C=O) groups is 2. The number of hydrogen-bond acceptors (Lipinski definition) is 6. The van der Waals surface area contributed by atoms with Crippen molar-refractivity contribution in [2.75, 3.05) is 27.0 Å². The van der Waals surface area contributed by atoms with Gasteiger partial charge in [-0.25, -0.2) is 4.79 Å². The van der Waals surface area contributed by atoms with Crippen molar-refractivity contribution < 1.29 is 24.3 Å². The summed E-state index contributed by atoms with van der Waals surface area (Å²) in [6.45, 7) is 7.46. The van der Waals surface area contributed by atoms with Gasteiger partial charge in [0.2, 0.25) is 6.41 Å². The van der Waals surface area contributed by atoms with Crippen molar-refractivity contribution in [1.29, 1.82) is 0 Å². The van der Waals surface area contributed by atoms with Gasteiger partial charge in [0.25, 0.3) is 0 Å². The normalized spacial score (nSPS) is 20.9. The van der Waals surface area contributed by atoms with E-state index in [1.807, 2.05) is 31.3 Å². The van der Waals surface area contributed by atoms with Gasteiger partial charge in [-0.05, 0) is 69.8 Å². The highest BCUT2D eigenvalue weighted by Gasteiger charge is 2.41. The maximum atomic E-state index is 10.5. The first-order valence-corrected chi connectivity index (χ1v) is 12.4. The molecule has 2 fully saturated rings. The van der Waals surface area contributed by atoms with E-state index in [0.29, 0.717) is 11.8 Å². The van der Waals surface area contributed by atoms with Crippen LogP contribution in [-0.4, -0.2) is 66.3 Å². The van der Waals surface area contributed by atoms with Crippen LogP contribution in [0.15, 0.2) is 30.3 Å². The summed E-state index contributed by atoms with van der Waals surface area (Å²) < 4.78 is 5.47. The molecule has 34 heavy (non-hydrogen) atoms. The third-order valence-electron chi connectivity index (χ3n) is 5.92. The average molecular weight is 496 g/mol. The minimum Gasteiger partial charge on any atom is -0.477 e. The molecule has 0 radical (unpaired) electrons. The van der Waals surface area contributed by atoms with Crippen LogP contribution < -0.4 is 5.32 Å². The second-order valence-corrected chi connectivity index (χ2v) is 8.98. The number of rotatable bonds is 6. The number of carboxylic acids is 1. The first kappa shape index (κ1) is 30.0. The van der Waals surface area contributed by atoms with Crippen molar-refractivity contribution in [3.8, 4) is 0 Å². The topological polar surface area (TPSA) is 104 Å². The Morgan fingerprint density at radius 2 is 2.00 bits per heavy atom. The first-order valence-electron chi connectivity index (χ1n) is 11.5. The number of carboxylic acid groups (broad SMARTS) is 1. The maximum absolute atomic E-state index is 10.5. The Hall–Kier alpha value is -2.07. The Kier molecular flexibility index (Phi) is 13.2. The third kappa shape index (κ3) is 10.0. The quantitative estimate of drug-likeness (QED) is 0.202. The zero-order valence-electron chi connectivity index (χ0n) is 21.2. The van der Waals surface area contributed by atoms with E-state index in [1.165, 1.54) is 25.7 Å². The van der Waals surface area contributed by atoms with Crippen LogP contribution in [0.25, 0.3) is 10.9 Å². The SMILES string of the molecule is CC1(C)CCCCO1.CON(C)C(NC=O)C1CC1C.CS.O=C(O)c1cc2ccccc2[nH]1. The summed E-state index contributed by atoms with van der Waals surface area (Å²) in [4.78, 5) is 28.6. The lowest BCUT2D eigenvalue weighted by Crippen LogP contribution is -2.44. The number of para-hydroxylation sites is 1. The van der Waals surface area contributed by atoms with E-state index in [0.717, 1.165) is 23.9 Å². The highest BCUT2D eigenvalue weighted by molar-refractivity contribution is 7.79. The molecule has 8 nitrogen and oxygen atoms in total. The molecular weight excluding hydrogens is 454 g/mol. The lowest BCUT2D eigenvalue weighted by atomic mass is 9.99. The van der Waals surface area contributed by atoms with Crippen LogP contribution >= 0.6 is 12.6 Å². The molecule has 0 bridgehead atoms. The minimum atomic E-state index is -0.925. The second kappa shape index (κ2) is 15.0. The van der Waals surface area contributed by atoms with Gasteiger partial charge < -0.3 is 25.0 Å². The molecule has 1 aliphatic heterocycles. The Morgan fingerprint density at radius 1 is 1.35 bits per heavy atom. The number of ether oxygens (including phenoxy) is 1. The highest BCUT2D eigenvalue weighted by atomic mass is 32.1. The first-order chi connectivity index (χ1) is 16.2. The number of hydrogen-bond donors (Lipinski definition) is 4. The lowest BCUT2D eigenvalue weighted by Gasteiger charge is -2.29. The Labute approximate surface area is 208 Å². The molecule has 4 rings (SSSR count). The predicted octanol–water partition coefficient (Wildman–Crippen LogP) is 4.59. The number of aromatic carboxylic acids is 1. The summed E-state index contributed by atoms with van der Waals surface area (Å²) in [5.41, 5.74) is 1.27. The standard InChI is InChI=1S/C9H7NO2.C8H16N2O2.C7H14O.CH4S/c11-9(12)8-5-6-3-1-2-4-7(6)10-8;1-6-4-7(6)8(9-5-11)10(2)12-3;1-7(2)5-3-4-6-8-7;1-2/h1-5,10H,(H,11,12);5-8H,4H2,1-3H3,(H,9,11);3-6H2,1-2H3;2H,1H3. The zero-order chi connectivity index (χ0) is 25.7. The number of benzene rings is 1. The predicted molar refractivity (Wildman–Crippen MR) is 139 cm³/mol. The van der Waals surface area contributed by atoms with Gasteiger partial charge in [0.1, 0.15) is 11.9 Å². The van der Waals surface area contributed by atoms with Crippen molar-refractivity contribution in [1.82, 2.24) is 15.4 Å². The van der Waals surface area contributed by atoms with Crippen LogP contribution in [0.5, 0.6) is 0 Å². The molecule has 0 spiro atoms. The number of amides is 1. The van der Waals surface area contributed by atoms with Gasteiger partial charge in [0.15, 0.2) is 0 Å². The molecule has 9 heteroatoms. The Balaban J connectivity index is 0.000000251. The minimum absolute atomic E-state index is 0.0301. The molecule has 1 amide bonds. The number of nitrogens with zero attached hydrogens (tertiary/aromatic N) is 1. The molecule has 2 heterocycles. The van der Waals surface area contributed by atoms with Crippen molar-refractivity contribution in [3.05, 3.63) is 36.0 Å². The smallest absolute Gasteiger partial charge is 0.352 e. The molecule has 1 aromatic carbocycles. The summed E-state index contributed by atoms with van der Waals surface area (Å²) >= 11 is 3.53. The molecular formula is C25H41N3O5S. The fourth-order valence-electron chi connectivity index (χ4n) is 3.73. The van der Waals surface area contributed by atoms with Crippen LogP contribution in [-0.2, 0) is 14.4 Å². The van der Waals surface area contributed by atoms with Gasteiger partial charge >= 0.3 is 5.97 Å². The summed E-state index contributed by atoms with van der Waals surface area (Å²) in [7, 11) is 3.43. The number of hydroxylamine groups is 2. The van der Waals surface area contributed by atoms with Gasteiger partial charge in [0, 0.05) is 24.6 Å². The average Bonchev–Trinajstić information content (AvgIpc) is 3.38.